The average Bonchev–Trinajstić information content (AvgIpc) is 2.59. The van der Waals surface area contributed by atoms with E-state index in [1.54, 1.807) is 10.8 Å². The lowest BCUT2D eigenvalue weighted by Crippen LogP contribution is -2.14. The zero-order valence-corrected chi connectivity index (χ0v) is 9.49. The van der Waals surface area contributed by atoms with E-state index in [0.717, 1.165) is 12.8 Å². The number of unbranched alkanes of at least 4 members (excludes halogenated alkanes) is 3. The first-order valence-electron chi connectivity index (χ1n) is 5.51. The van der Waals surface area contributed by atoms with Gasteiger partial charge in [-0.05, 0) is 6.42 Å². The molecular weight excluding hydrogens is 190 g/mol. The lowest BCUT2D eigenvalue weighted by molar-refractivity contribution is -0.116. The van der Waals surface area contributed by atoms with Crippen molar-refractivity contribution >= 4 is 11.9 Å². The van der Waals surface area contributed by atoms with Crippen LogP contribution in [0.5, 0.6) is 0 Å². The molecule has 4 heteroatoms. The Morgan fingerprint density at radius 3 is 2.87 bits per heavy atom. The fraction of sp³-hybridized carbons (Fsp3) is 0.636. The van der Waals surface area contributed by atoms with E-state index in [1.807, 2.05) is 13.2 Å². The minimum absolute atomic E-state index is 0.0559. The van der Waals surface area contributed by atoms with Crippen molar-refractivity contribution in [1.29, 1.82) is 0 Å². The number of carbonyl (C=O) groups is 1. The highest BCUT2D eigenvalue weighted by atomic mass is 16.1. The second kappa shape index (κ2) is 6.22. The van der Waals surface area contributed by atoms with E-state index in [1.165, 1.54) is 12.8 Å². The Labute approximate surface area is 90.7 Å². The van der Waals surface area contributed by atoms with E-state index in [2.05, 4.69) is 17.2 Å². The average molecular weight is 209 g/mol. The lowest BCUT2D eigenvalue weighted by atomic mass is 10.1. The number of hydrogen-bond donors (Lipinski definition) is 1. The number of rotatable bonds is 6. The van der Waals surface area contributed by atoms with Crippen LogP contribution in [0.3, 0.4) is 0 Å². The first-order chi connectivity index (χ1) is 7.24. The molecule has 0 atom stereocenters. The fourth-order valence-electron chi connectivity index (χ4n) is 1.39. The van der Waals surface area contributed by atoms with Crippen LogP contribution in [0.25, 0.3) is 0 Å². The van der Waals surface area contributed by atoms with Crippen molar-refractivity contribution < 1.29 is 4.79 Å². The highest BCUT2D eigenvalue weighted by Crippen LogP contribution is 2.05. The molecule has 1 aromatic rings. The summed E-state index contributed by atoms with van der Waals surface area (Å²) in [7, 11) is 1.86. The smallest absolute Gasteiger partial charge is 0.226 e. The zero-order chi connectivity index (χ0) is 11.1. The van der Waals surface area contributed by atoms with E-state index < -0.39 is 0 Å². The number of aromatic nitrogens is 2. The van der Waals surface area contributed by atoms with E-state index >= 15 is 0 Å². The Bertz CT molecular complexity index is 307. The van der Waals surface area contributed by atoms with Gasteiger partial charge in [-0.2, -0.15) is 0 Å². The van der Waals surface area contributed by atoms with Crippen LogP contribution in [0.15, 0.2) is 12.4 Å². The van der Waals surface area contributed by atoms with E-state index in [0.29, 0.717) is 12.4 Å². The lowest BCUT2D eigenvalue weighted by Gasteiger charge is -2.04. The third-order valence-electron chi connectivity index (χ3n) is 2.33. The third-order valence-corrected chi connectivity index (χ3v) is 2.33. The monoisotopic (exact) mass is 209 g/mol. The van der Waals surface area contributed by atoms with Crippen LogP contribution in [0.1, 0.15) is 39.0 Å². The number of amides is 1. The Kier molecular flexibility index (Phi) is 4.87. The Morgan fingerprint density at radius 1 is 1.47 bits per heavy atom. The fourth-order valence-corrected chi connectivity index (χ4v) is 1.39. The predicted molar refractivity (Wildman–Crippen MR) is 60.6 cm³/mol. The number of hydrogen-bond acceptors (Lipinski definition) is 2. The van der Waals surface area contributed by atoms with Crippen molar-refractivity contribution in [2.45, 2.75) is 39.0 Å². The Hall–Kier alpha value is -1.32. The van der Waals surface area contributed by atoms with Crippen molar-refractivity contribution in [3.8, 4) is 0 Å². The topological polar surface area (TPSA) is 46.9 Å². The second-order valence-corrected chi connectivity index (χ2v) is 3.72. The normalized spacial score (nSPS) is 10.3. The van der Waals surface area contributed by atoms with Gasteiger partial charge in [0, 0.05) is 25.9 Å². The number of carbonyl (C=O) groups excluding carboxylic acids is 1. The summed E-state index contributed by atoms with van der Waals surface area (Å²) in [6, 6.07) is 0. The minimum Gasteiger partial charge on any atom is -0.320 e. The molecule has 0 aliphatic heterocycles. The van der Waals surface area contributed by atoms with Gasteiger partial charge < -0.3 is 4.57 Å². The summed E-state index contributed by atoms with van der Waals surface area (Å²) in [6.07, 6.45) is 8.57. The summed E-state index contributed by atoms with van der Waals surface area (Å²) in [4.78, 5) is 15.5. The molecule has 1 heterocycles. The summed E-state index contributed by atoms with van der Waals surface area (Å²) >= 11 is 0. The highest BCUT2D eigenvalue weighted by Gasteiger charge is 2.04. The molecule has 1 rings (SSSR count). The standard InChI is InChI=1S/C11H19N3O/c1-3-4-5-6-7-10(15)13-11-12-8-9-14(11)2/h8-9H,3-7H2,1-2H3,(H,12,13,15). The van der Waals surface area contributed by atoms with Crippen LogP contribution >= 0.6 is 0 Å². The SMILES string of the molecule is CCCCCCC(=O)Nc1nccn1C. The molecule has 0 aliphatic rings. The van der Waals surface area contributed by atoms with E-state index in [4.69, 9.17) is 0 Å². The van der Waals surface area contributed by atoms with Gasteiger partial charge in [-0.15, -0.1) is 0 Å². The summed E-state index contributed by atoms with van der Waals surface area (Å²) in [5.74, 6) is 0.677. The summed E-state index contributed by atoms with van der Waals surface area (Å²) in [6.45, 7) is 2.16. The summed E-state index contributed by atoms with van der Waals surface area (Å²) < 4.78 is 1.80. The van der Waals surface area contributed by atoms with E-state index in [-0.39, 0.29) is 5.91 Å². The Morgan fingerprint density at radius 2 is 2.27 bits per heavy atom. The molecule has 0 spiro atoms. The Balaban J connectivity index is 2.22. The zero-order valence-electron chi connectivity index (χ0n) is 9.49. The van der Waals surface area contributed by atoms with Gasteiger partial charge in [0.2, 0.25) is 11.9 Å². The van der Waals surface area contributed by atoms with E-state index in [9.17, 15) is 4.79 Å². The molecule has 1 amide bonds. The molecule has 0 bridgehead atoms. The summed E-state index contributed by atoms with van der Waals surface area (Å²) in [5.41, 5.74) is 0. The molecule has 0 fully saturated rings. The number of imidazole rings is 1. The maximum atomic E-state index is 11.5. The van der Waals surface area contributed by atoms with Crippen LogP contribution in [-0.4, -0.2) is 15.5 Å². The van der Waals surface area contributed by atoms with Gasteiger partial charge in [-0.25, -0.2) is 4.98 Å². The van der Waals surface area contributed by atoms with Crippen LogP contribution in [0.4, 0.5) is 5.95 Å². The van der Waals surface area contributed by atoms with Gasteiger partial charge in [0.05, 0.1) is 0 Å². The van der Waals surface area contributed by atoms with Gasteiger partial charge in [-0.1, -0.05) is 26.2 Å². The molecule has 0 saturated carbocycles. The van der Waals surface area contributed by atoms with Gasteiger partial charge in [0.15, 0.2) is 0 Å². The van der Waals surface area contributed by atoms with Crippen LogP contribution in [-0.2, 0) is 11.8 Å². The highest BCUT2D eigenvalue weighted by molar-refractivity contribution is 5.88. The molecule has 0 saturated heterocycles. The second-order valence-electron chi connectivity index (χ2n) is 3.72. The molecule has 1 aromatic heterocycles. The summed E-state index contributed by atoms with van der Waals surface area (Å²) in [5, 5.41) is 2.78. The maximum absolute atomic E-state index is 11.5. The molecular formula is C11H19N3O. The number of nitrogens with zero attached hydrogens (tertiary/aromatic N) is 2. The molecule has 84 valence electrons. The quantitative estimate of drug-likeness (QED) is 0.731. The minimum atomic E-state index is 0.0559. The first-order valence-corrected chi connectivity index (χ1v) is 5.51. The van der Waals surface area contributed by atoms with Crippen molar-refractivity contribution in [3.05, 3.63) is 12.4 Å². The van der Waals surface area contributed by atoms with Crippen molar-refractivity contribution in [2.24, 2.45) is 7.05 Å². The first kappa shape index (κ1) is 11.8. The molecule has 0 aliphatic carbocycles. The molecule has 1 N–H and O–H groups in total. The largest absolute Gasteiger partial charge is 0.320 e. The number of anilines is 1. The van der Waals surface area contributed by atoms with Gasteiger partial charge >= 0.3 is 0 Å². The van der Waals surface area contributed by atoms with Crippen molar-refractivity contribution in [3.63, 3.8) is 0 Å². The van der Waals surface area contributed by atoms with Gasteiger partial charge in [0.25, 0.3) is 0 Å². The third kappa shape index (κ3) is 4.14. The van der Waals surface area contributed by atoms with Crippen LogP contribution in [0, 0.1) is 0 Å². The molecule has 0 aromatic carbocycles. The van der Waals surface area contributed by atoms with Crippen LogP contribution in [0.2, 0.25) is 0 Å². The molecule has 4 nitrogen and oxygen atoms in total. The maximum Gasteiger partial charge on any atom is 0.226 e. The predicted octanol–water partition coefficient (Wildman–Crippen LogP) is 2.33. The van der Waals surface area contributed by atoms with Crippen molar-refractivity contribution in [1.82, 2.24) is 9.55 Å². The molecule has 15 heavy (non-hydrogen) atoms. The van der Waals surface area contributed by atoms with Gasteiger partial charge in [0.1, 0.15) is 0 Å². The number of aryl methyl sites for hydroxylation is 1. The molecule has 0 unspecified atom stereocenters. The van der Waals surface area contributed by atoms with Crippen molar-refractivity contribution in [2.75, 3.05) is 5.32 Å². The number of nitrogens with one attached hydrogen (secondary N) is 1. The van der Waals surface area contributed by atoms with Crippen LogP contribution < -0.4 is 5.32 Å². The van der Waals surface area contributed by atoms with Gasteiger partial charge in [-0.3, -0.25) is 10.1 Å². The molecule has 0 radical (unpaired) electrons.